The van der Waals surface area contributed by atoms with Crippen molar-refractivity contribution in [1.29, 1.82) is 0 Å². The third-order valence-corrected chi connectivity index (χ3v) is 3.60. The van der Waals surface area contributed by atoms with E-state index in [2.05, 4.69) is 15.8 Å². The van der Waals surface area contributed by atoms with Gasteiger partial charge in [0, 0.05) is 19.2 Å². The maximum absolute atomic E-state index is 5.99. The molecule has 0 unspecified atom stereocenters. The van der Waals surface area contributed by atoms with Crippen LogP contribution in [-0.2, 0) is 6.54 Å². The fourth-order valence-electron chi connectivity index (χ4n) is 2.56. The molecule has 5 heteroatoms. The van der Waals surface area contributed by atoms with Gasteiger partial charge < -0.3 is 15.9 Å². The van der Waals surface area contributed by atoms with Crippen LogP contribution in [0.3, 0.4) is 0 Å². The number of nitrogen functional groups attached to an aromatic ring is 1. The second-order valence-electron chi connectivity index (χ2n) is 4.92. The van der Waals surface area contributed by atoms with Crippen molar-refractivity contribution in [1.82, 2.24) is 10.3 Å². The number of hydrazine groups is 1. The van der Waals surface area contributed by atoms with Crippen molar-refractivity contribution in [3.05, 3.63) is 17.7 Å². The van der Waals surface area contributed by atoms with Gasteiger partial charge in [0.25, 0.3) is 0 Å². The maximum atomic E-state index is 5.99. The van der Waals surface area contributed by atoms with Crippen molar-refractivity contribution in [2.75, 3.05) is 37.4 Å². The van der Waals surface area contributed by atoms with Crippen LogP contribution in [0.5, 0.6) is 5.75 Å². The molecule has 4 N–H and O–H groups in total. The summed E-state index contributed by atoms with van der Waals surface area (Å²) in [4.78, 5) is 2.43. The summed E-state index contributed by atoms with van der Waals surface area (Å²) < 4.78 is 5.79. The van der Waals surface area contributed by atoms with Crippen molar-refractivity contribution in [3.8, 4) is 5.75 Å². The molecule has 0 saturated carbocycles. The Bertz CT molecular complexity index is 429. The summed E-state index contributed by atoms with van der Waals surface area (Å²) in [5.41, 5.74) is 15.2. The molecule has 0 atom stereocenters. The van der Waals surface area contributed by atoms with Gasteiger partial charge in [-0.25, -0.2) is 5.43 Å². The van der Waals surface area contributed by atoms with Gasteiger partial charge in [-0.3, -0.25) is 4.90 Å². The number of hydrogen-bond donors (Lipinski definition) is 3. The number of fused-ring (bicyclic) bond motifs is 1. The monoisotopic (exact) mass is 248 g/mol. The second kappa shape index (κ2) is 5.04. The number of ether oxygens (including phenoxy) is 1. The molecule has 18 heavy (non-hydrogen) atoms. The molecule has 2 aliphatic rings. The molecule has 2 aliphatic heterocycles. The van der Waals surface area contributed by atoms with Crippen molar-refractivity contribution in [2.24, 2.45) is 0 Å². The third kappa shape index (κ3) is 2.37. The smallest absolute Gasteiger partial charge is 0.144 e. The Morgan fingerprint density at radius 1 is 1.28 bits per heavy atom. The zero-order valence-electron chi connectivity index (χ0n) is 10.5. The van der Waals surface area contributed by atoms with E-state index in [9.17, 15) is 0 Å². The zero-order valence-corrected chi connectivity index (χ0v) is 10.5. The highest BCUT2D eigenvalue weighted by Crippen LogP contribution is 2.31. The standard InChI is InChI=1S/C13H20N4O/c14-11-7-10-9-15-16-12(10)8-13(11)18-6-5-17-3-1-2-4-17/h7-8,15-16H,1-6,9,14H2. The Balaban J connectivity index is 1.58. The normalized spacial score (nSPS) is 18.7. The molecule has 0 aliphatic carbocycles. The molecule has 3 rings (SSSR count). The average Bonchev–Trinajstić information content (AvgIpc) is 3.00. The van der Waals surface area contributed by atoms with Gasteiger partial charge in [0.1, 0.15) is 12.4 Å². The number of rotatable bonds is 4. The Morgan fingerprint density at radius 2 is 2.11 bits per heavy atom. The van der Waals surface area contributed by atoms with Gasteiger partial charge in [-0.1, -0.05) is 0 Å². The molecular weight excluding hydrogens is 228 g/mol. The van der Waals surface area contributed by atoms with Crippen LogP contribution in [0.4, 0.5) is 11.4 Å². The predicted octanol–water partition coefficient (Wildman–Crippen LogP) is 1.17. The van der Waals surface area contributed by atoms with E-state index in [4.69, 9.17) is 10.5 Å². The van der Waals surface area contributed by atoms with Gasteiger partial charge in [-0.05, 0) is 37.6 Å². The van der Waals surface area contributed by atoms with Gasteiger partial charge in [0.15, 0.2) is 0 Å². The Hall–Kier alpha value is -1.46. The molecule has 98 valence electrons. The Morgan fingerprint density at radius 3 is 2.94 bits per heavy atom. The second-order valence-corrected chi connectivity index (χ2v) is 4.92. The van der Waals surface area contributed by atoms with E-state index in [1.807, 2.05) is 12.1 Å². The van der Waals surface area contributed by atoms with Crippen molar-refractivity contribution in [3.63, 3.8) is 0 Å². The number of hydrogen-bond acceptors (Lipinski definition) is 5. The summed E-state index contributed by atoms with van der Waals surface area (Å²) in [6.45, 7) is 4.91. The number of benzene rings is 1. The number of nitrogens with two attached hydrogens (primary N) is 1. The van der Waals surface area contributed by atoms with Crippen LogP contribution < -0.4 is 21.3 Å². The van der Waals surface area contributed by atoms with Crippen LogP contribution >= 0.6 is 0 Å². The topological polar surface area (TPSA) is 62.6 Å². The van der Waals surface area contributed by atoms with E-state index in [0.29, 0.717) is 6.61 Å². The number of nitrogens with zero attached hydrogens (tertiary/aromatic N) is 1. The maximum Gasteiger partial charge on any atom is 0.144 e. The summed E-state index contributed by atoms with van der Waals surface area (Å²) in [5, 5.41) is 0. The van der Waals surface area contributed by atoms with Crippen molar-refractivity contribution in [2.45, 2.75) is 19.4 Å². The van der Waals surface area contributed by atoms with Gasteiger partial charge in [0.05, 0.1) is 11.4 Å². The molecule has 0 aromatic heterocycles. The lowest BCUT2D eigenvalue weighted by Crippen LogP contribution is -2.25. The zero-order chi connectivity index (χ0) is 12.4. The molecule has 0 spiro atoms. The van der Waals surface area contributed by atoms with E-state index >= 15 is 0 Å². The van der Waals surface area contributed by atoms with Crippen molar-refractivity contribution >= 4 is 11.4 Å². The Kier molecular flexibility index (Phi) is 3.25. The van der Waals surface area contributed by atoms with Gasteiger partial charge in [0.2, 0.25) is 0 Å². The first-order chi connectivity index (χ1) is 8.83. The molecule has 0 radical (unpaired) electrons. The van der Waals surface area contributed by atoms with Crippen LogP contribution in [0.1, 0.15) is 18.4 Å². The first-order valence-corrected chi connectivity index (χ1v) is 6.59. The highest BCUT2D eigenvalue weighted by Gasteiger charge is 2.14. The van der Waals surface area contributed by atoms with E-state index in [1.54, 1.807) is 0 Å². The lowest BCUT2D eigenvalue weighted by molar-refractivity contribution is 0.238. The number of likely N-dealkylation sites (tertiary alicyclic amines) is 1. The van der Waals surface area contributed by atoms with Crippen LogP contribution in [0.2, 0.25) is 0 Å². The summed E-state index contributed by atoms with van der Waals surface area (Å²) in [6, 6.07) is 3.96. The highest BCUT2D eigenvalue weighted by molar-refractivity contribution is 5.67. The fraction of sp³-hybridized carbons (Fsp3) is 0.538. The molecule has 0 bridgehead atoms. The summed E-state index contributed by atoms with van der Waals surface area (Å²) in [7, 11) is 0. The van der Waals surface area contributed by atoms with Gasteiger partial charge >= 0.3 is 0 Å². The minimum Gasteiger partial charge on any atom is -0.490 e. The molecule has 1 fully saturated rings. The fourth-order valence-corrected chi connectivity index (χ4v) is 2.56. The van der Waals surface area contributed by atoms with Crippen molar-refractivity contribution < 1.29 is 4.74 Å². The van der Waals surface area contributed by atoms with Gasteiger partial charge in [-0.2, -0.15) is 0 Å². The number of nitrogens with one attached hydrogen (secondary N) is 2. The molecule has 1 saturated heterocycles. The molecule has 1 aromatic carbocycles. The van der Waals surface area contributed by atoms with Crippen LogP contribution in [0.25, 0.3) is 0 Å². The first-order valence-electron chi connectivity index (χ1n) is 6.59. The predicted molar refractivity (Wildman–Crippen MR) is 72.5 cm³/mol. The number of anilines is 2. The van der Waals surface area contributed by atoms with E-state index in [-0.39, 0.29) is 0 Å². The van der Waals surface area contributed by atoms with E-state index in [0.717, 1.165) is 30.2 Å². The highest BCUT2D eigenvalue weighted by atomic mass is 16.5. The molecule has 1 aromatic rings. The largest absolute Gasteiger partial charge is 0.490 e. The van der Waals surface area contributed by atoms with Crippen LogP contribution in [0, 0.1) is 0 Å². The summed E-state index contributed by atoms with van der Waals surface area (Å²) in [5.74, 6) is 0.782. The van der Waals surface area contributed by atoms with E-state index < -0.39 is 0 Å². The van der Waals surface area contributed by atoms with Crippen LogP contribution in [-0.4, -0.2) is 31.1 Å². The minimum absolute atomic E-state index is 0.705. The minimum atomic E-state index is 0.705. The van der Waals surface area contributed by atoms with Crippen LogP contribution in [0.15, 0.2) is 12.1 Å². The average molecular weight is 248 g/mol. The lowest BCUT2D eigenvalue weighted by atomic mass is 10.1. The summed E-state index contributed by atoms with van der Waals surface area (Å²) >= 11 is 0. The SMILES string of the molecule is Nc1cc2c(cc1OCCN1CCCC1)NNC2. The first kappa shape index (κ1) is 11.6. The quantitative estimate of drug-likeness (QED) is 0.698. The molecular formula is C13H20N4O. The summed E-state index contributed by atoms with van der Waals surface area (Å²) in [6.07, 6.45) is 2.63. The lowest BCUT2D eigenvalue weighted by Gasteiger charge is -2.16. The molecule has 5 nitrogen and oxygen atoms in total. The van der Waals surface area contributed by atoms with Gasteiger partial charge in [-0.15, -0.1) is 0 Å². The Labute approximate surface area is 107 Å². The van der Waals surface area contributed by atoms with E-state index in [1.165, 1.54) is 31.5 Å². The molecule has 0 amide bonds. The molecule has 2 heterocycles. The third-order valence-electron chi connectivity index (χ3n) is 3.60.